The van der Waals surface area contributed by atoms with E-state index in [1.165, 1.54) is 0 Å². The number of benzene rings is 3. The molecule has 1 heterocycles. The number of amides is 2. The van der Waals surface area contributed by atoms with Gasteiger partial charge in [0.1, 0.15) is 0 Å². The molecule has 2 amide bonds. The lowest BCUT2D eigenvalue weighted by molar-refractivity contribution is -0.122. The zero-order chi connectivity index (χ0) is 28.3. The molecule has 0 aromatic heterocycles. The second-order valence-corrected chi connectivity index (χ2v) is 12.4. The predicted octanol–water partition coefficient (Wildman–Crippen LogP) is 7.22. The number of carbonyl (C=O) groups is 3. The monoisotopic (exact) mass is 574 g/mol. The van der Waals surface area contributed by atoms with Crippen molar-refractivity contribution in [1.82, 2.24) is 5.32 Å². The lowest BCUT2D eigenvalue weighted by Crippen LogP contribution is -2.31. The first-order chi connectivity index (χ1) is 19.4. The standard InChI is InChI=1S/C32H34N2O4S2/c1-23(24-14-18-27(19-15-24)32(37)38)40-39-21-20-33-30(35)12-6-7-13-31(36)34-22-28-10-3-2-8-25(28)16-17-26-9-4-5-11-29(26)34/h2-5,8-11,14-19,23H,6-7,12-13,20-22H2,1H3,(H,33,35)(H,37,38)/b17-16-. The molecule has 4 rings (SSSR count). The first-order valence-corrected chi connectivity index (χ1v) is 15.8. The van der Waals surface area contributed by atoms with Crippen LogP contribution in [0.2, 0.25) is 0 Å². The van der Waals surface area contributed by atoms with Crippen molar-refractivity contribution in [3.05, 3.63) is 101 Å². The van der Waals surface area contributed by atoms with Gasteiger partial charge in [0.05, 0.1) is 17.8 Å². The smallest absolute Gasteiger partial charge is 0.335 e. The lowest BCUT2D eigenvalue weighted by atomic mass is 10.0. The minimum atomic E-state index is -0.925. The van der Waals surface area contributed by atoms with Crippen molar-refractivity contribution in [3.8, 4) is 0 Å². The van der Waals surface area contributed by atoms with E-state index < -0.39 is 5.97 Å². The quantitative estimate of drug-likeness (QED) is 0.175. The largest absolute Gasteiger partial charge is 0.478 e. The maximum absolute atomic E-state index is 13.3. The molecule has 0 fully saturated rings. The van der Waals surface area contributed by atoms with E-state index in [1.807, 2.05) is 53.4 Å². The van der Waals surface area contributed by atoms with Gasteiger partial charge in [0.25, 0.3) is 0 Å². The van der Waals surface area contributed by atoms with Crippen LogP contribution in [0.3, 0.4) is 0 Å². The summed E-state index contributed by atoms with van der Waals surface area (Å²) in [6.45, 7) is 3.19. The Balaban J connectivity index is 1.16. The second kappa shape index (κ2) is 14.8. The van der Waals surface area contributed by atoms with Crippen LogP contribution in [0.4, 0.5) is 5.69 Å². The van der Waals surface area contributed by atoms with Crippen molar-refractivity contribution in [2.45, 2.75) is 44.4 Å². The predicted molar refractivity (Wildman–Crippen MR) is 166 cm³/mol. The van der Waals surface area contributed by atoms with E-state index in [2.05, 4.69) is 36.5 Å². The Hall–Kier alpha value is -3.49. The SMILES string of the molecule is CC(SSCCNC(=O)CCCCC(=O)N1Cc2ccccc2/C=C\c2ccccc21)c1ccc(C(=O)O)cc1. The summed E-state index contributed by atoms with van der Waals surface area (Å²) in [6.07, 6.45) is 6.28. The van der Waals surface area contributed by atoms with Gasteiger partial charge in [-0.3, -0.25) is 9.59 Å². The average molecular weight is 575 g/mol. The first-order valence-electron chi connectivity index (χ1n) is 13.5. The number of anilines is 1. The molecule has 0 saturated carbocycles. The maximum Gasteiger partial charge on any atom is 0.335 e. The molecule has 3 aromatic carbocycles. The Labute approximate surface area is 243 Å². The topological polar surface area (TPSA) is 86.7 Å². The number of rotatable bonds is 12. The van der Waals surface area contributed by atoms with Gasteiger partial charge < -0.3 is 15.3 Å². The summed E-state index contributed by atoms with van der Waals surface area (Å²) in [4.78, 5) is 38.5. The van der Waals surface area contributed by atoms with Crippen molar-refractivity contribution in [3.63, 3.8) is 0 Å². The molecule has 1 aliphatic heterocycles. The Morgan fingerprint density at radius 1 is 0.900 bits per heavy atom. The maximum atomic E-state index is 13.3. The van der Waals surface area contributed by atoms with Crippen molar-refractivity contribution in [1.29, 1.82) is 0 Å². The van der Waals surface area contributed by atoms with Gasteiger partial charge in [0, 0.05) is 30.4 Å². The second-order valence-electron chi connectivity index (χ2n) is 9.62. The molecule has 6 nitrogen and oxygen atoms in total. The fourth-order valence-corrected chi connectivity index (χ4v) is 6.73. The molecule has 1 aliphatic rings. The molecular formula is C32H34N2O4S2. The number of hydrogen-bond acceptors (Lipinski definition) is 5. The van der Waals surface area contributed by atoms with Crippen LogP contribution in [0.5, 0.6) is 0 Å². The van der Waals surface area contributed by atoms with Crippen LogP contribution in [0.15, 0.2) is 72.8 Å². The molecule has 2 N–H and O–H groups in total. The highest BCUT2D eigenvalue weighted by Crippen LogP contribution is 2.37. The first kappa shape index (κ1) is 29.5. The Morgan fingerprint density at radius 2 is 1.57 bits per heavy atom. The van der Waals surface area contributed by atoms with Crippen molar-refractivity contribution in [2.24, 2.45) is 0 Å². The molecule has 0 spiro atoms. The van der Waals surface area contributed by atoms with Crippen LogP contribution >= 0.6 is 21.6 Å². The van der Waals surface area contributed by atoms with Crippen LogP contribution < -0.4 is 10.2 Å². The van der Waals surface area contributed by atoms with Gasteiger partial charge in [0.2, 0.25) is 11.8 Å². The molecular weight excluding hydrogens is 540 g/mol. The summed E-state index contributed by atoms with van der Waals surface area (Å²) >= 11 is 0. The van der Waals surface area contributed by atoms with E-state index in [-0.39, 0.29) is 22.6 Å². The molecule has 8 heteroatoms. The number of nitrogens with zero attached hydrogens (tertiary/aromatic N) is 1. The fraction of sp³-hybridized carbons (Fsp3) is 0.281. The molecule has 1 unspecified atom stereocenters. The van der Waals surface area contributed by atoms with E-state index in [9.17, 15) is 14.4 Å². The number of para-hydroxylation sites is 1. The van der Waals surface area contributed by atoms with Crippen LogP contribution in [0.1, 0.15) is 70.5 Å². The molecule has 1 atom stereocenters. The molecule has 0 saturated heterocycles. The van der Waals surface area contributed by atoms with Crippen LogP contribution in [-0.4, -0.2) is 35.2 Å². The number of carboxylic acids is 1. The van der Waals surface area contributed by atoms with E-state index in [0.717, 1.165) is 33.7 Å². The van der Waals surface area contributed by atoms with Gasteiger partial charge in [-0.05, 0) is 60.2 Å². The third-order valence-corrected chi connectivity index (χ3v) is 9.59. The Kier molecular flexibility index (Phi) is 10.9. The molecule has 0 aliphatic carbocycles. The molecule has 40 heavy (non-hydrogen) atoms. The van der Waals surface area contributed by atoms with Crippen LogP contribution in [0.25, 0.3) is 12.2 Å². The molecule has 0 bridgehead atoms. The number of unbranched alkanes of at least 4 members (excludes halogenated alkanes) is 1. The average Bonchev–Trinajstić information content (AvgIpc) is 2.96. The molecule has 3 aromatic rings. The molecule has 208 valence electrons. The number of carbonyl (C=O) groups excluding carboxylic acids is 2. The summed E-state index contributed by atoms with van der Waals surface area (Å²) in [5, 5.41) is 12.2. The van der Waals surface area contributed by atoms with Crippen molar-refractivity contribution < 1.29 is 19.5 Å². The third-order valence-electron chi connectivity index (χ3n) is 6.75. The van der Waals surface area contributed by atoms with Gasteiger partial charge in [-0.15, -0.1) is 0 Å². The summed E-state index contributed by atoms with van der Waals surface area (Å²) in [5.74, 6) is -0.0772. The minimum absolute atomic E-state index is 0.00558. The normalized spacial score (nSPS) is 13.8. The van der Waals surface area contributed by atoms with Crippen LogP contribution in [-0.2, 0) is 16.1 Å². The highest BCUT2D eigenvalue weighted by atomic mass is 33.1. The number of aromatic carboxylic acids is 1. The van der Waals surface area contributed by atoms with Gasteiger partial charge in [-0.25, -0.2) is 4.79 Å². The summed E-state index contributed by atoms with van der Waals surface area (Å²) in [5.41, 5.74) is 5.52. The van der Waals surface area contributed by atoms with E-state index in [1.54, 1.807) is 33.7 Å². The van der Waals surface area contributed by atoms with Crippen molar-refractivity contribution >= 4 is 57.2 Å². The zero-order valence-electron chi connectivity index (χ0n) is 22.5. The third kappa shape index (κ3) is 8.26. The zero-order valence-corrected chi connectivity index (χ0v) is 24.2. The highest BCUT2D eigenvalue weighted by molar-refractivity contribution is 8.76. The number of fused-ring (bicyclic) bond motifs is 2. The van der Waals surface area contributed by atoms with E-state index in [4.69, 9.17) is 5.11 Å². The fourth-order valence-electron chi connectivity index (χ4n) is 4.49. The van der Waals surface area contributed by atoms with Crippen molar-refractivity contribution in [2.75, 3.05) is 17.2 Å². The van der Waals surface area contributed by atoms with Gasteiger partial charge in [-0.1, -0.05) is 88.3 Å². The van der Waals surface area contributed by atoms with E-state index in [0.29, 0.717) is 38.8 Å². The minimum Gasteiger partial charge on any atom is -0.478 e. The Bertz CT molecular complexity index is 1360. The summed E-state index contributed by atoms with van der Waals surface area (Å²) < 4.78 is 0. The summed E-state index contributed by atoms with van der Waals surface area (Å²) in [6, 6.07) is 23.0. The number of carboxylic acid groups (broad SMARTS) is 1. The number of hydrogen-bond donors (Lipinski definition) is 2. The number of nitrogens with one attached hydrogen (secondary N) is 1. The van der Waals surface area contributed by atoms with E-state index >= 15 is 0 Å². The Morgan fingerprint density at radius 3 is 2.35 bits per heavy atom. The van der Waals surface area contributed by atoms with Gasteiger partial charge in [-0.2, -0.15) is 0 Å². The van der Waals surface area contributed by atoms with Crippen LogP contribution in [0, 0.1) is 0 Å². The highest BCUT2D eigenvalue weighted by Gasteiger charge is 2.20. The lowest BCUT2D eigenvalue weighted by Gasteiger charge is -2.27. The molecule has 0 radical (unpaired) electrons. The summed E-state index contributed by atoms with van der Waals surface area (Å²) in [7, 11) is 3.38. The van der Waals surface area contributed by atoms with Gasteiger partial charge >= 0.3 is 5.97 Å². The van der Waals surface area contributed by atoms with Gasteiger partial charge in [0.15, 0.2) is 0 Å².